The van der Waals surface area contributed by atoms with E-state index in [0.29, 0.717) is 30.7 Å². The predicted molar refractivity (Wildman–Crippen MR) is 95.7 cm³/mol. The number of ether oxygens (including phenoxy) is 2. The van der Waals surface area contributed by atoms with Gasteiger partial charge in [0.2, 0.25) is 5.79 Å². The van der Waals surface area contributed by atoms with Crippen molar-refractivity contribution in [2.24, 2.45) is 0 Å². The summed E-state index contributed by atoms with van der Waals surface area (Å²) in [6.07, 6.45) is 2.42. The zero-order valence-corrected chi connectivity index (χ0v) is 15.1. The molecule has 2 aromatic rings. The van der Waals surface area contributed by atoms with E-state index in [1.54, 1.807) is 24.3 Å². The van der Waals surface area contributed by atoms with Crippen molar-refractivity contribution in [3.8, 4) is 11.8 Å². The Morgan fingerprint density at radius 1 is 1.42 bits per heavy atom. The summed E-state index contributed by atoms with van der Waals surface area (Å²) >= 11 is 0. The first-order valence-corrected chi connectivity index (χ1v) is 8.48. The lowest BCUT2D eigenvalue weighted by atomic mass is 10.0. The molecule has 1 aromatic carbocycles. The fourth-order valence-corrected chi connectivity index (χ4v) is 2.85. The minimum atomic E-state index is -0.669. The van der Waals surface area contributed by atoms with Crippen LogP contribution < -0.4 is 10.1 Å². The number of pyridine rings is 1. The Balaban J connectivity index is 1.67. The third-order valence-electron chi connectivity index (χ3n) is 4.25. The van der Waals surface area contributed by atoms with E-state index >= 15 is 0 Å². The van der Waals surface area contributed by atoms with E-state index < -0.39 is 5.79 Å². The van der Waals surface area contributed by atoms with Crippen LogP contribution in [0, 0.1) is 18.3 Å². The molecule has 3 rings (SSSR count). The number of carbonyl (C=O) groups excluding carboxylic acids is 1. The topological polar surface area (TPSA) is 84.2 Å². The molecule has 0 fully saturated rings. The number of fused-ring (bicyclic) bond motifs is 1. The van der Waals surface area contributed by atoms with Crippen LogP contribution >= 0.6 is 0 Å². The molecule has 1 aromatic heterocycles. The Kier molecular flexibility index (Phi) is 4.92. The fraction of sp³-hybridized carbons (Fsp3) is 0.350. The highest BCUT2D eigenvalue weighted by Gasteiger charge is 2.30. The maximum atomic E-state index is 12.2. The van der Waals surface area contributed by atoms with Crippen LogP contribution in [0.1, 0.15) is 46.6 Å². The van der Waals surface area contributed by atoms with Crippen molar-refractivity contribution in [2.75, 3.05) is 6.54 Å². The van der Waals surface area contributed by atoms with Gasteiger partial charge in [0, 0.05) is 37.7 Å². The Morgan fingerprint density at radius 2 is 2.23 bits per heavy atom. The molecule has 26 heavy (non-hydrogen) atoms. The van der Waals surface area contributed by atoms with E-state index in [4.69, 9.17) is 14.7 Å². The first kappa shape index (κ1) is 17.9. The van der Waals surface area contributed by atoms with Crippen LogP contribution in [-0.4, -0.2) is 23.2 Å². The Labute approximate surface area is 152 Å². The van der Waals surface area contributed by atoms with Gasteiger partial charge in [0.1, 0.15) is 5.75 Å². The first-order valence-electron chi connectivity index (χ1n) is 8.48. The van der Waals surface area contributed by atoms with Crippen molar-refractivity contribution in [2.45, 2.75) is 39.6 Å². The Bertz CT molecular complexity index is 884. The fourth-order valence-electron chi connectivity index (χ4n) is 2.85. The molecule has 0 unspecified atom stereocenters. The van der Waals surface area contributed by atoms with Gasteiger partial charge in [-0.2, -0.15) is 5.26 Å². The quantitative estimate of drug-likeness (QED) is 0.915. The second-order valence-corrected chi connectivity index (χ2v) is 6.67. The van der Waals surface area contributed by atoms with Crippen LogP contribution in [0.25, 0.3) is 0 Å². The summed E-state index contributed by atoms with van der Waals surface area (Å²) in [5, 5.41) is 11.8. The summed E-state index contributed by atoms with van der Waals surface area (Å²) in [5.41, 5.74) is 3.75. The van der Waals surface area contributed by atoms with Crippen molar-refractivity contribution < 1.29 is 14.3 Å². The second kappa shape index (κ2) is 7.14. The van der Waals surface area contributed by atoms with Gasteiger partial charge in [-0.05, 0) is 37.1 Å². The molecule has 0 bridgehead atoms. The summed E-state index contributed by atoms with van der Waals surface area (Å²) in [6, 6.07) is 8.67. The smallest absolute Gasteiger partial charge is 0.251 e. The Hall–Kier alpha value is -2.91. The molecule has 6 nitrogen and oxygen atoms in total. The van der Waals surface area contributed by atoms with Crippen LogP contribution in [0.15, 0.2) is 30.5 Å². The van der Waals surface area contributed by atoms with Gasteiger partial charge in [0.25, 0.3) is 5.91 Å². The number of hydrogen-bond acceptors (Lipinski definition) is 5. The third kappa shape index (κ3) is 3.84. The molecule has 134 valence electrons. The summed E-state index contributed by atoms with van der Waals surface area (Å²) < 4.78 is 11.7. The van der Waals surface area contributed by atoms with E-state index in [9.17, 15) is 4.79 Å². The van der Waals surface area contributed by atoms with Crippen molar-refractivity contribution >= 4 is 5.91 Å². The predicted octanol–water partition coefficient (Wildman–Crippen LogP) is 2.88. The number of nitrogens with one attached hydrogen (secondary N) is 1. The molecule has 0 saturated carbocycles. The van der Waals surface area contributed by atoms with E-state index in [1.165, 1.54) is 0 Å². The third-order valence-corrected chi connectivity index (χ3v) is 4.25. The molecular weight excluding hydrogens is 330 g/mol. The van der Waals surface area contributed by atoms with Crippen LogP contribution in [0.5, 0.6) is 5.75 Å². The minimum absolute atomic E-state index is 0.204. The van der Waals surface area contributed by atoms with E-state index in [0.717, 1.165) is 22.6 Å². The normalized spacial score (nSPS) is 14.7. The van der Waals surface area contributed by atoms with Crippen LogP contribution in [0.3, 0.4) is 0 Å². The van der Waals surface area contributed by atoms with Gasteiger partial charge < -0.3 is 14.8 Å². The molecule has 1 aliphatic rings. The highest BCUT2D eigenvalue weighted by atomic mass is 16.7. The zero-order valence-electron chi connectivity index (χ0n) is 15.1. The molecule has 6 heteroatoms. The van der Waals surface area contributed by atoms with Gasteiger partial charge in [-0.3, -0.25) is 9.78 Å². The molecule has 0 atom stereocenters. The number of aromatic nitrogens is 1. The van der Waals surface area contributed by atoms with E-state index in [-0.39, 0.29) is 5.91 Å². The molecule has 0 aliphatic carbocycles. The first-order chi connectivity index (χ1) is 12.4. The van der Waals surface area contributed by atoms with Crippen molar-refractivity contribution in [3.63, 3.8) is 0 Å². The molecule has 2 heterocycles. The van der Waals surface area contributed by atoms with Gasteiger partial charge in [0.05, 0.1) is 23.9 Å². The number of aryl methyl sites for hydroxylation is 1. The highest BCUT2D eigenvalue weighted by Crippen LogP contribution is 2.35. The van der Waals surface area contributed by atoms with Crippen molar-refractivity contribution in [1.82, 2.24) is 10.3 Å². The lowest BCUT2D eigenvalue weighted by Gasteiger charge is -2.34. The number of nitriles is 1. The van der Waals surface area contributed by atoms with Crippen molar-refractivity contribution in [3.05, 3.63) is 58.4 Å². The monoisotopic (exact) mass is 351 g/mol. The largest absolute Gasteiger partial charge is 0.461 e. The van der Waals surface area contributed by atoms with Gasteiger partial charge in [-0.1, -0.05) is 6.07 Å². The molecule has 1 N–H and O–H groups in total. The lowest BCUT2D eigenvalue weighted by Crippen LogP contribution is -2.36. The minimum Gasteiger partial charge on any atom is -0.461 e. The second-order valence-electron chi connectivity index (χ2n) is 6.67. The number of carbonyl (C=O) groups is 1. The lowest BCUT2D eigenvalue weighted by molar-refractivity contribution is -0.180. The average Bonchev–Trinajstić information content (AvgIpc) is 2.63. The maximum absolute atomic E-state index is 12.2. The summed E-state index contributed by atoms with van der Waals surface area (Å²) in [5.74, 6) is -0.102. The van der Waals surface area contributed by atoms with Crippen molar-refractivity contribution in [1.29, 1.82) is 5.26 Å². The molecule has 0 radical (unpaired) electrons. The van der Waals surface area contributed by atoms with Gasteiger partial charge in [-0.15, -0.1) is 0 Å². The molecule has 1 aliphatic heterocycles. The number of rotatable bonds is 4. The summed E-state index contributed by atoms with van der Waals surface area (Å²) in [6.45, 7) is 6.57. The van der Waals surface area contributed by atoms with E-state index in [1.807, 2.05) is 33.0 Å². The maximum Gasteiger partial charge on any atom is 0.251 e. The summed E-state index contributed by atoms with van der Waals surface area (Å²) in [4.78, 5) is 16.7. The zero-order chi connectivity index (χ0) is 18.7. The molecule has 0 saturated heterocycles. The number of nitrogens with zero attached hydrogens (tertiary/aromatic N) is 2. The van der Waals surface area contributed by atoms with Crippen LogP contribution in [0.2, 0.25) is 0 Å². The highest BCUT2D eigenvalue weighted by molar-refractivity contribution is 5.94. The molecule has 0 spiro atoms. The average molecular weight is 351 g/mol. The SMILES string of the molecule is Cc1ncc(CCNC(=O)c2cccc(C#N)c2)c2c1OC(C)(C)OC2. The summed E-state index contributed by atoms with van der Waals surface area (Å²) in [7, 11) is 0. The van der Waals surface area contributed by atoms with Crippen LogP contribution in [-0.2, 0) is 17.8 Å². The standard InChI is InChI=1S/C20H21N3O3/c1-13-18-17(12-25-20(2,3)26-18)16(11-23-13)7-8-22-19(24)15-6-4-5-14(9-15)10-21/h4-6,9,11H,7-8,12H2,1-3H3,(H,22,24). The van der Waals surface area contributed by atoms with Gasteiger partial charge in [-0.25, -0.2) is 0 Å². The van der Waals surface area contributed by atoms with E-state index in [2.05, 4.69) is 10.3 Å². The van der Waals surface area contributed by atoms with Gasteiger partial charge in [0.15, 0.2) is 0 Å². The van der Waals surface area contributed by atoms with Crippen LogP contribution in [0.4, 0.5) is 0 Å². The molecule has 1 amide bonds. The number of benzene rings is 1. The Morgan fingerprint density at radius 3 is 3.00 bits per heavy atom. The van der Waals surface area contributed by atoms with Gasteiger partial charge >= 0.3 is 0 Å². The molecular formula is C20H21N3O3. The number of amides is 1. The number of hydrogen-bond donors (Lipinski definition) is 1.